The second kappa shape index (κ2) is 3.22. The van der Waals surface area contributed by atoms with Crippen molar-refractivity contribution < 1.29 is 4.42 Å². The number of nitriles is 1. The van der Waals surface area contributed by atoms with Crippen molar-refractivity contribution in [3.63, 3.8) is 0 Å². The molecule has 0 amide bonds. The molecule has 0 saturated heterocycles. The van der Waals surface area contributed by atoms with E-state index in [-0.39, 0.29) is 0 Å². The Bertz CT molecular complexity index is 272. The van der Waals surface area contributed by atoms with Crippen LogP contribution in [0, 0.1) is 11.3 Å². The molecule has 1 unspecified atom stereocenters. The molecule has 0 radical (unpaired) electrons. The molecule has 0 saturated carbocycles. The Morgan fingerprint density at radius 3 is 3.09 bits per heavy atom. The zero-order valence-corrected chi connectivity index (χ0v) is 6.37. The number of furan rings is 1. The van der Waals surface area contributed by atoms with Crippen molar-refractivity contribution in [2.75, 3.05) is 0 Å². The summed E-state index contributed by atoms with van der Waals surface area (Å²) in [5.41, 5.74) is 6.29. The van der Waals surface area contributed by atoms with Crippen LogP contribution in [0.25, 0.3) is 0 Å². The van der Waals surface area contributed by atoms with Crippen molar-refractivity contribution in [3.05, 3.63) is 23.7 Å². The predicted molar refractivity (Wildman–Crippen MR) is 40.6 cm³/mol. The standard InChI is InChI=1S/C8H10N2O/c1-2-8-6(3-4-11-8)7(10)5-9/h3-4,7H,2,10H2,1H3. The monoisotopic (exact) mass is 150 g/mol. The third-order valence-corrected chi connectivity index (χ3v) is 1.58. The smallest absolute Gasteiger partial charge is 0.122 e. The molecule has 1 heterocycles. The van der Waals surface area contributed by atoms with Crippen LogP contribution < -0.4 is 5.73 Å². The Balaban J connectivity index is 2.94. The van der Waals surface area contributed by atoms with Crippen LogP contribution in [0.4, 0.5) is 0 Å². The number of nitrogens with zero attached hydrogens (tertiary/aromatic N) is 1. The number of aryl methyl sites for hydroxylation is 1. The van der Waals surface area contributed by atoms with E-state index >= 15 is 0 Å². The van der Waals surface area contributed by atoms with Crippen LogP contribution in [0.2, 0.25) is 0 Å². The van der Waals surface area contributed by atoms with Crippen LogP contribution in [-0.2, 0) is 6.42 Å². The molecular formula is C8H10N2O. The van der Waals surface area contributed by atoms with E-state index in [0.717, 1.165) is 17.7 Å². The number of hydrogen-bond acceptors (Lipinski definition) is 3. The fourth-order valence-electron chi connectivity index (χ4n) is 0.985. The molecule has 58 valence electrons. The maximum atomic E-state index is 8.51. The van der Waals surface area contributed by atoms with E-state index in [9.17, 15) is 0 Å². The highest BCUT2D eigenvalue weighted by Crippen LogP contribution is 2.16. The molecule has 3 heteroatoms. The summed E-state index contributed by atoms with van der Waals surface area (Å²) in [5.74, 6) is 0.805. The van der Waals surface area contributed by atoms with Gasteiger partial charge < -0.3 is 10.2 Å². The minimum Gasteiger partial charge on any atom is -0.469 e. The van der Waals surface area contributed by atoms with Gasteiger partial charge in [0.05, 0.1) is 12.3 Å². The fraction of sp³-hybridized carbons (Fsp3) is 0.375. The van der Waals surface area contributed by atoms with Gasteiger partial charge >= 0.3 is 0 Å². The number of nitrogens with two attached hydrogens (primary N) is 1. The molecule has 3 nitrogen and oxygen atoms in total. The number of rotatable bonds is 2. The van der Waals surface area contributed by atoms with Crippen LogP contribution in [0.3, 0.4) is 0 Å². The summed E-state index contributed by atoms with van der Waals surface area (Å²) in [6, 6.07) is 3.15. The summed E-state index contributed by atoms with van der Waals surface area (Å²) in [7, 11) is 0. The first-order valence-corrected chi connectivity index (χ1v) is 3.51. The van der Waals surface area contributed by atoms with E-state index in [1.54, 1.807) is 12.3 Å². The van der Waals surface area contributed by atoms with E-state index in [1.165, 1.54) is 0 Å². The Labute approximate surface area is 65.4 Å². The third-order valence-electron chi connectivity index (χ3n) is 1.58. The number of hydrogen-bond donors (Lipinski definition) is 1. The lowest BCUT2D eigenvalue weighted by Gasteiger charge is -1.99. The molecular weight excluding hydrogens is 140 g/mol. The second-order valence-electron chi connectivity index (χ2n) is 2.26. The highest BCUT2D eigenvalue weighted by atomic mass is 16.3. The van der Waals surface area contributed by atoms with Gasteiger partial charge in [-0.25, -0.2) is 0 Å². The van der Waals surface area contributed by atoms with Crippen molar-refractivity contribution in [3.8, 4) is 6.07 Å². The molecule has 1 aromatic heterocycles. The molecule has 1 atom stereocenters. The maximum Gasteiger partial charge on any atom is 0.122 e. The third kappa shape index (κ3) is 1.41. The van der Waals surface area contributed by atoms with Crippen LogP contribution >= 0.6 is 0 Å². The minimum absolute atomic E-state index is 0.552. The van der Waals surface area contributed by atoms with Gasteiger partial charge in [0.15, 0.2) is 0 Å². The summed E-state index contributed by atoms with van der Waals surface area (Å²) < 4.78 is 5.11. The van der Waals surface area contributed by atoms with Crippen LogP contribution in [0.5, 0.6) is 0 Å². The van der Waals surface area contributed by atoms with Gasteiger partial charge in [-0.3, -0.25) is 0 Å². The molecule has 11 heavy (non-hydrogen) atoms. The first-order valence-electron chi connectivity index (χ1n) is 3.51. The summed E-state index contributed by atoms with van der Waals surface area (Å²) in [5, 5.41) is 8.51. The van der Waals surface area contributed by atoms with Gasteiger partial charge in [0.25, 0.3) is 0 Å². The lowest BCUT2D eigenvalue weighted by atomic mass is 10.1. The van der Waals surface area contributed by atoms with E-state index in [0.29, 0.717) is 0 Å². The van der Waals surface area contributed by atoms with Crippen LogP contribution in [0.1, 0.15) is 24.3 Å². The van der Waals surface area contributed by atoms with E-state index in [1.807, 2.05) is 13.0 Å². The Hall–Kier alpha value is -1.27. The summed E-state index contributed by atoms with van der Waals surface area (Å²) in [4.78, 5) is 0. The molecule has 0 aliphatic rings. The molecule has 0 spiro atoms. The first-order chi connectivity index (χ1) is 5.29. The van der Waals surface area contributed by atoms with Gasteiger partial charge in [0.1, 0.15) is 11.8 Å². The molecule has 0 aliphatic carbocycles. The fourth-order valence-corrected chi connectivity index (χ4v) is 0.985. The summed E-state index contributed by atoms with van der Waals surface area (Å²) in [6.45, 7) is 1.96. The Morgan fingerprint density at radius 1 is 1.82 bits per heavy atom. The lowest BCUT2D eigenvalue weighted by Crippen LogP contribution is -2.07. The van der Waals surface area contributed by atoms with Crippen molar-refractivity contribution >= 4 is 0 Å². The van der Waals surface area contributed by atoms with Crippen molar-refractivity contribution in [1.29, 1.82) is 5.26 Å². The normalized spacial score (nSPS) is 12.5. The average Bonchev–Trinajstić information content (AvgIpc) is 2.50. The average molecular weight is 150 g/mol. The highest BCUT2D eigenvalue weighted by Gasteiger charge is 2.10. The SMILES string of the molecule is CCc1occc1C(N)C#N. The van der Waals surface area contributed by atoms with E-state index in [4.69, 9.17) is 15.4 Å². The van der Waals surface area contributed by atoms with Crippen molar-refractivity contribution in [1.82, 2.24) is 0 Å². The molecule has 0 fully saturated rings. The molecule has 0 bridgehead atoms. The van der Waals surface area contributed by atoms with Gasteiger partial charge in [0, 0.05) is 12.0 Å². The predicted octanol–water partition coefficient (Wildman–Crippen LogP) is 1.37. The minimum atomic E-state index is -0.552. The van der Waals surface area contributed by atoms with Crippen LogP contribution in [0.15, 0.2) is 16.7 Å². The summed E-state index contributed by atoms with van der Waals surface area (Å²) in [6.07, 6.45) is 2.34. The highest BCUT2D eigenvalue weighted by molar-refractivity contribution is 5.25. The second-order valence-corrected chi connectivity index (χ2v) is 2.26. The molecule has 1 aromatic rings. The van der Waals surface area contributed by atoms with Gasteiger partial charge in [-0.15, -0.1) is 0 Å². The van der Waals surface area contributed by atoms with E-state index < -0.39 is 6.04 Å². The van der Waals surface area contributed by atoms with Gasteiger partial charge in [-0.2, -0.15) is 5.26 Å². The Morgan fingerprint density at radius 2 is 2.55 bits per heavy atom. The largest absolute Gasteiger partial charge is 0.469 e. The zero-order chi connectivity index (χ0) is 8.27. The van der Waals surface area contributed by atoms with Crippen molar-refractivity contribution in [2.24, 2.45) is 5.73 Å². The van der Waals surface area contributed by atoms with E-state index in [2.05, 4.69) is 0 Å². The van der Waals surface area contributed by atoms with Crippen molar-refractivity contribution in [2.45, 2.75) is 19.4 Å². The lowest BCUT2D eigenvalue weighted by molar-refractivity contribution is 0.510. The molecule has 0 aromatic carbocycles. The first kappa shape index (κ1) is 7.83. The van der Waals surface area contributed by atoms with Crippen LogP contribution in [-0.4, -0.2) is 0 Å². The maximum absolute atomic E-state index is 8.51. The quantitative estimate of drug-likeness (QED) is 0.692. The molecule has 1 rings (SSSR count). The van der Waals surface area contributed by atoms with Gasteiger partial charge in [-0.1, -0.05) is 6.92 Å². The van der Waals surface area contributed by atoms with Gasteiger partial charge in [-0.05, 0) is 6.07 Å². The topological polar surface area (TPSA) is 62.9 Å². The Kier molecular flexibility index (Phi) is 2.29. The molecule has 0 aliphatic heterocycles. The molecule has 2 N–H and O–H groups in total. The zero-order valence-electron chi connectivity index (χ0n) is 6.37. The van der Waals surface area contributed by atoms with Gasteiger partial charge in [0.2, 0.25) is 0 Å². The summed E-state index contributed by atoms with van der Waals surface area (Å²) >= 11 is 0.